The Bertz CT molecular complexity index is 344. The first-order chi connectivity index (χ1) is 8.65. The van der Waals surface area contributed by atoms with Crippen molar-refractivity contribution in [3.8, 4) is 5.75 Å². The summed E-state index contributed by atoms with van der Waals surface area (Å²) in [4.78, 5) is 1.82. The summed E-state index contributed by atoms with van der Waals surface area (Å²) in [6.45, 7) is -1.59. The number of halogens is 2. The number of aliphatic hydroxyl groups is 2. The molecule has 102 valence electrons. The van der Waals surface area contributed by atoms with Gasteiger partial charge in [-0.25, -0.2) is 0 Å². The summed E-state index contributed by atoms with van der Waals surface area (Å²) in [5.41, 5.74) is 0.787. The van der Waals surface area contributed by atoms with Gasteiger partial charge in [-0.15, -0.1) is 0 Å². The molecule has 1 rings (SSSR count). The van der Waals surface area contributed by atoms with E-state index in [0.29, 0.717) is 19.6 Å². The van der Waals surface area contributed by atoms with Crippen LogP contribution >= 0.6 is 0 Å². The Kier molecular flexibility index (Phi) is 6.56. The number of hydrogen-bond donors (Lipinski definition) is 2. The highest BCUT2D eigenvalue weighted by atomic mass is 19.3. The fourth-order valence-corrected chi connectivity index (χ4v) is 1.63. The summed E-state index contributed by atoms with van der Waals surface area (Å²) in [5.74, 6) is 0.107. The van der Waals surface area contributed by atoms with E-state index < -0.39 is 6.61 Å². The number of hydrogen-bond acceptors (Lipinski definition) is 4. The lowest BCUT2D eigenvalue weighted by Crippen LogP contribution is -2.29. The van der Waals surface area contributed by atoms with Gasteiger partial charge in [0.1, 0.15) is 5.75 Å². The molecule has 0 heterocycles. The van der Waals surface area contributed by atoms with E-state index in [4.69, 9.17) is 10.2 Å². The van der Waals surface area contributed by atoms with Gasteiger partial charge in [0.05, 0.1) is 13.2 Å². The lowest BCUT2D eigenvalue weighted by atomic mass is 10.2. The van der Waals surface area contributed by atoms with Crippen LogP contribution in [0.15, 0.2) is 24.3 Å². The van der Waals surface area contributed by atoms with Crippen molar-refractivity contribution in [3.05, 3.63) is 29.8 Å². The molecular formula is C12H17F2NO3. The Morgan fingerprint density at radius 3 is 2.39 bits per heavy atom. The first-order valence-corrected chi connectivity index (χ1v) is 5.63. The standard InChI is InChI=1S/C12H17F2NO3/c13-12(14)18-11-3-1-2-10(8-11)9-15(4-6-16)5-7-17/h1-3,8,12,16-17H,4-7,9H2. The second-order valence-electron chi connectivity index (χ2n) is 3.75. The van der Waals surface area contributed by atoms with Gasteiger partial charge in [-0.2, -0.15) is 8.78 Å². The van der Waals surface area contributed by atoms with Crippen LogP contribution < -0.4 is 4.74 Å². The zero-order valence-corrected chi connectivity index (χ0v) is 9.93. The van der Waals surface area contributed by atoms with E-state index >= 15 is 0 Å². The van der Waals surface area contributed by atoms with Gasteiger partial charge in [-0.3, -0.25) is 4.90 Å². The third kappa shape index (κ3) is 5.39. The minimum atomic E-state index is -2.84. The third-order valence-corrected chi connectivity index (χ3v) is 2.36. The van der Waals surface area contributed by atoms with Crippen molar-refractivity contribution in [2.45, 2.75) is 13.2 Å². The van der Waals surface area contributed by atoms with E-state index in [1.165, 1.54) is 12.1 Å². The first-order valence-electron chi connectivity index (χ1n) is 5.63. The third-order valence-electron chi connectivity index (χ3n) is 2.36. The predicted octanol–water partition coefficient (Wildman–Crippen LogP) is 1.07. The van der Waals surface area contributed by atoms with Crippen LogP contribution in [-0.2, 0) is 6.54 Å². The minimum absolute atomic E-state index is 0.0206. The molecule has 0 aliphatic heterocycles. The molecule has 0 aliphatic carbocycles. The SMILES string of the molecule is OCCN(CCO)Cc1cccc(OC(F)F)c1. The van der Waals surface area contributed by atoms with E-state index in [0.717, 1.165) is 5.56 Å². The highest BCUT2D eigenvalue weighted by molar-refractivity contribution is 5.28. The van der Waals surface area contributed by atoms with Crippen molar-refractivity contribution in [2.24, 2.45) is 0 Å². The van der Waals surface area contributed by atoms with E-state index in [9.17, 15) is 8.78 Å². The smallest absolute Gasteiger partial charge is 0.387 e. The molecule has 0 amide bonds. The summed E-state index contributed by atoms with van der Waals surface area (Å²) in [6, 6.07) is 6.38. The van der Waals surface area contributed by atoms with Crippen molar-refractivity contribution in [2.75, 3.05) is 26.3 Å². The maximum Gasteiger partial charge on any atom is 0.387 e. The number of benzene rings is 1. The topological polar surface area (TPSA) is 52.9 Å². The van der Waals surface area contributed by atoms with Crippen molar-refractivity contribution >= 4 is 0 Å². The molecule has 0 radical (unpaired) electrons. The molecule has 0 saturated heterocycles. The van der Waals surface area contributed by atoms with Crippen molar-refractivity contribution in [1.29, 1.82) is 0 Å². The van der Waals surface area contributed by atoms with Crippen molar-refractivity contribution in [3.63, 3.8) is 0 Å². The number of nitrogens with zero attached hydrogens (tertiary/aromatic N) is 1. The van der Waals surface area contributed by atoms with Crippen LogP contribution in [0.2, 0.25) is 0 Å². The van der Waals surface area contributed by atoms with Crippen LogP contribution in [0.4, 0.5) is 8.78 Å². The van der Waals surface area contributed by atoms with Gasteiger partial charge in [-0.1, -0.05) is 12.1 Å². The van der Waals surface area contributed by atoms with E-state index in [1.807, 2.05) is 4.90 Å². The molecule has 1 aromatic rings. The summed E-state index contributed by atoms with van der Waals surface area (Å²) in [6.07, 6.45) is 0. The highest BCUT2D eigenvalue weighted by Crippen LogP contribution is 2.17. The van der Waals surface area contributed by atoms with Gasteiger partial charge in [0.25, 0.3) is 0 Å². The first kappa shape index (κ1) is 14.8. The maximum absolute atomic E-state index is 12.1. The number of aliphatic hydroxyl groups excluding tert-OH is 2. The molecule has 0 atom stereocenters. The molecule has 6 heteroatoms. The zero-order valence-electron chi connectivity index (χ0n) is 9.93. The second kappa shape index (κ2) is 7.97. The summed E-state index contributed by atoms with van der Waals surface area (Å²) >= 11 is 0. The molecule has 2 N–H and O–H groups in total. The average molecular weight is 261 g/mol. The molecule has 0 spiro atoms. The largest absolute Gasteiger partial charge is 0.435 e. The number of ether oxygens (including phenoxy) is 1. The highest BCUT2D eigenvalue weighted by Gasteiger charge is 2.08. The van der Waals surface area contributed by atoms with Gasteiger partial charge in [0.2, 0.25) is 0 Å². The van der Waals surface area contributed by atoms with Gasteiger partial charge >= 0.3 is 6.61 Å². The summed E-state index contributed by atoms with van der Waals surface area (Å²) in [5, 5.41) is 17.7. The van der Waals surface area contributed by atoms with E-state index in [-0.39, 0.29) is 19.0 Å². The van der Waals surface area contributed by atoms with Gasteiger partial charge in [0, 0.05) is 19.6 Å². The van der Waals surface area contributed by atoms with Gasteiger partial charge in [-0.05, 0) is 17.7 Å². The van der Waals surface area contributed by atoms with Crippen molar-refractivity contribution in [1.82, 2.24) is 4.90 Å². The molecule has 18 heavy (non-hydrogen) atoms. The van der Waals surface area contributed by atoms with Gasteiger partial charge < -0.3 is 14.9 Å². The van der Waals surface area contributed by atoms with E-state index in [2.05, 4.69) is 4.74 Å². The molecule has 0 aliphatic rings. The van der Waals surface area contributed by atoms with Gasteiger partial charge in [0.15, 0.2) is 0 Å². The fraction of sp³-hybridized carbons (Fsp3) is 0.500. The summed E-state index contributed by atoms with van der Waals surface area (Å²) < 4.78 is 28.4. The molecule has 1 aromatic carbocycles. The molecule has 0 aromatic heterocycles. The Morgan fingerprint density at radius 1 is 1.17 bits per heavy atom. The predicted molar refractivity (Wildman–Crippen MR) is 62.5 cm³/mol. The monoisotopic (exact) mass is 261 g/mol. The number of alkyl halides is 2. The second-order valence-corrected chi connectivity index (χ2v) is 3.75. The zero-order chi connectivity index (χ0) is 13.4. The molecule has 0 bridgehead atoms. The molecule has 4 nitrogen and oxygen atoms in total. The molecule has 0 fully saturated rings. The lowest BCUT2D eigenvalue weighted by Gasteiger charge is -2.20. The van der Waals surface area contributed by atoms with Crippen LogP contribution in [0.5, 0.6) is 5.75 Å². The number of rotatable bonds is 8. The Labute approximate surface area is 104 Å². The van der Waals surface area contributed by atoms with E-state index in [1.54, 1.807) is 12.1 Å². The van der Waals surface area contributed by atoms with Crippen LogP contribution in [0.3, 0.4) is 0 Å². The maximum atomic E-state index is 12.1. The van der Waals surface area contributed by atoms with Crippen LogP contribution in [0.25, 0.3) is 0 Å². The minimum Gasteiger partial charge on any atom is -0.435 e. The molecule has 0 unspecified atom stereocenters. The van der Waals surface area contributed by atoms with Crippen LogP contribution in [-0.4, -0.2) is 48.0 Å². The quantitative estimate of drug-likeness (QED) is 0.735. The van der Waals surface area contributed by atoms with Crippen LogP contribution in [0.1, 0.15) is 5.56 Å². The summed E-state index contributed by atoms with van der Waals surface area (Å²) in [7, 11) is 0. The Morgan fingerprint density at radius 2 is 1.83 bits per heavy atom. The Hall–Kier alpha value is -1.24. The average Bonchev–Trinajstić information content (AvgIpc) is 2.29. The Balaban J connectivity index is 2.64. The molecule has 0 saturated carbocycles. The van der Waals surface area contributed by atoms with Crippen molar-refractivity contribution < 1.29 is 23.7 Å². The lowest BCUT2D eigenvalue weighted by molar-refractivity contribution is -0.0499. The molecular weight excluding hydrogens is 244 g/mol. The van der Waals surface area contributed by atoms with Crippen LogP contribution in [0, 0.1) is 0 Å². The normalized spacial score (nSPS) is 11.2. The fourth-order valence-electron chi connectivity index (χ4n) is 1.63.